The first-order chi connectivity index (χ1) is 13.1. The molecule has 1 aliphatic rings. The monoisotopic (exact) mass is 499 g/mol. The van der Waals surface area contributed by atoms with Gasteiger partial charge in [-0.3, -0.25) is 9.09 Å². The van der Waals surface area contributed by atoms with Crippen LogP contribution in [0.5, 0.6) is 0 Å². The average molecular weight is 499 g/mol. The van der Waals surface area contributed by atoms with Crippen LogP contribution < -0.4 is 5.73 Å². The summed E-state index contributed by atoms with van der Waals surface area (Å²) < 4.78 is 51.4. The normalized spacial score (nSPS) is 29.3. The zero-order chi connectivity index (χ0) is 22.2. The first kappa shape index (κ1) is 24.7. The molecule has 0 bridgehead atoms. The number of nitrogens with two attached hydrogens (primary N) is 1. The highest BCUT2D eigenvalue weighted by Crippen LogP contribution is 2.66. The van der Waals surface area contributed by atoms with Crippen molar-refractivity contribution in [3.8, 4) is 0 Å². The number of phosphoric ester groups is 1. The fourth-order valence-corrected chi connectivity index (χ4v) is 5.49. The van der Waals surface area contributed by atoms with Gasteiger partial charge in [0.25, 0.3) is 0 Å². The quantitative estimate of drug-likeness (QED) is 0.170. The van der Waals surface area contributed by atoms with E-state index in [0.717, 1.165) is 4.57 Å². The molecule has 1 aromatic rings. The molecule has 1 saturated heterocycles. The first-order valence-electron chi connectivity index (χ1n) is 7.25. The van der Waals surface area contributed by atoms with Gasteiger partial charge in [0, 0.05) is 6.20 Å². The molecule has 8 N–H and O–H groups in total. The fraction of sp³-hybridized carbons (Fsp3) is 0.556. The van der Waals surface area contributed by atoms with Crippen molar-refractivity contribution >= 4 is 41.5 Å². The highest BCUT2D eigenvalue weighted by atomic mass is 32.1. The lowest BCUT2D eigenvalue weighted by Gasteiger charge is -2.19. The number of aromatic nitrogens is 2. The molecule has 20 heteroatoms. The van der Waals surface area contributed by atoms with E-state index in [9.17, 15) is 28.8 Å². The van der Waals surface area contributed by atoms with Crippen LogP contribution in [0.15, 0.2) is 12.3 Å². The van der Waals surface area contributed by atoms with E-state index in [-0.39, 0.29) is 10.6 Å². The van der Waals surface area contributed by atoms with Crippen LogP contribution in [-0.4, -0.2) is 64.3 Å². The van der Waals surface area contributed by atoms with Gasteiger partial charge < -0.3 is 40.3 Å². The van der Waals surface area contributed by atoms with Gasteiger partial charge in [-0.15, -0.1) is 0 Å². The summed E-state index contributed by atoms with van der Waals surface area (Å²) in [6.07, 6.45) is -4.65. The number of rotatable bonds is 8. The Morgan fingerprint density at radius 2 is 1.76 bits per heavy atom. The zero-order valence-corrected chi connectivity index (χ0v) is 17.4. The Balaban J connectivity index is 2.05. The maximum atomic E-state index is 11.7. The lowest BCUT2D eigenvalue weighted by Crippen LogP contribution is -2.33. The van der Waals surface area contributed by atoms with Gasteiger partial charge in [-0.25, -0.2) is 18.7 Å². The summed E-state index contributed by atoms with van der Waals surface area (Å²) in [5, 5.41) is 20.1. The third-order valence-electron chi connectivity index (χ3n) is 3.28. The van der Waals surface area contributed by atoms with Gasteiger partial charge in [0.2, 0.25) is 4.77 Å². The van der Waals surface area contributed by atoms with Crippen LogP contribution in [0.3, 0.4) is 0 Å². The number of nitrogen functional groups attached to an aromatic ring is 1. The van der Waals surface area contributed by atoms with E-state index in [0.29, 0.717) is 0 Å². The number of hydrogen-bond acceptors (Lipinski definition) is 12. The van der Waals surface area contributed by atoms with Crippen LogP contribution in [0.25, 0.3) is 0 Å². The number of aliphatic hydroxyl groups is 2. The van der Waals surface area contributed by atoms with Gasteiger partial charge in [0.15, 0.2) is 6.23 Å². The highest BCUT2D eigenvalue weighted by molar-refractivity contribution is 7.71. The molecular formula is C9H16N3O13P3S. The van der Waals surface area contributed by atoms with E-state index in [1.54, 1.807) is 0 Å². The first-order valence-corrected chi connectivity index (χ1v) is 12.2. The predicted molar refractivity (Wildman–Crippen MR) is 93.2 cm³/mol. The summed E-state index contributed by atoms with van der Waals surface area (Å²) in [7, 11) is -16.6. The number of phosphoric acid groups is 3. The smallest absolute Gasteiger partial charge is 0.387 e. The number of anilines is 1. The van der Waals surface area contributed by atoms with Crippen molar-refractivity contribution in [2.45, 2.75) is 24.5 Å². The molecule has 6 atom stereocenters. The Morgan fingerprint density at radius 1 is 1.14 bits per heavy atom. The molecule has 166 valence electrons. The van der Waals surface area contributed by atoms with Crippen LogP contribution in [0.2, 0.25) is 0 Å². The van der Waals surface area contributed by atoms with Crippen LogP contribution in [0, 0.1) is 4.77 Å². The minimum Gasteiger partial charge on any atom is -0.387 e. The summed E-state index contributed by atoms with van der Waals surface area (Å²) in [4.78, 5) is 39.2. The van der Waals surface area contributed by atoms with Crippen LogP contribution in [0.4, 0.5) is 5.82 Å². The second-order valence-electron chi connectivity index (χ2n) is 5.48. The summed E-state index contributed by atoms with van der Waals surface area (Å²) >= 11 is 4.96. The Morgan fingerprint density at radius 3 is 2.31 bits per heavy atom. The van der Waals surface area contributed by atoms with Crippen molar-refractivity contribution in [3.63, 3.8) is 0 Å². The molecule has 0 amide bonds. The summed E-state index contributed by atoms with van der Waals surface area (Å²) in [6, 6.07) is 1.33. The molecule has 2 heterocycles. The van der Waals surface area contributed by atoms with E-state index in [1.165, 1.54) is 12.3 Å². The van der Waals surface area contributed by atoms with Gasteiger partial charge in [0.1, 0.15) is 24.1 Å². The maximum absolute atomic E-state index is 11.7. The standard InChI is InChI=1S/C9H16N3O13P3S/c10-5-1-2-12(9(29)11-5)8-7(14)6(13)4(23-8)3-22-27(18,19)25-28(20,21)24-26(15,16)17/h1-2,4,6-8,13-14H,3H2,(H,18,19)(H,20,21)(H2,10,11,29)(H2,15,16,17)/t4-,6?,7?,8-/m1/s1. The molecule has 4 unspecified atom stereocenters. The van der Waals surface area contributed by atoms with Crippen LogP contribution >= 0.6 is 35.7 Å². The molecule has 0 saturated carbocycles. The van der Waals surface area contributed by atoms with Crippen molar-refractivity contribution in [1.29, 1.82) is 0 Å². The molecule has 0 radical (unpaired) electrons. The lowest BCUT2D eigenvalue weighted by atomic mass is 10.1. The molecule has 0 aromatic carbocycles. The second-order valence-corrected chi connectivity index (χ2v) is 10.3. The van der Waals surface area contributed by atoms with Crippen LogP contribution in [-0.2, 0) is 31.6 Å². The number of aliphatic hydroxyl groups excluding tert-OH is 2. The van der Waals surface area contributed by atoms with Gasteiger partial charge >= 0.3 is 23.5 Å². The van der Waals surface area contributed by atoms with Crippen molar-refractivity contribution in [3.05, 3.63) is 17.0 Å². The van der Waals surface area contributed by atoms with Gasteiger partial charge in [-0.05, 0) is 18.3 Å². The van der Waals surface area contributed by atoms with E-state index in [1.807, 2.05) is 0 Å². The number of nitrogens with zero attached hydrogens (tertiary/aromatic N) is 2. The van der Waals surface area contributed by atoms with Gasteiger partial charge in [-0.1, -0.05) is 0 Å². The molecule has 1 aromatic heterocycles. The minimum absolute atomic E-state index is 0.0866. The average Bonchev–Trinajstić information content (AvgIpc) is 2.78. The molecule has 2 rings (SSSR count). The molecule has 29 heavy (non-hydrogen) atoms. The number of hydrogen-bond donors (Lipinski definition) is 7. The third kappa shape index (κ3) is 6.95. The summed E-state index contributed by atoms with van der Waals surface area (Å²) in [5.74, 6) is 0.0866. The van der Waals surface area contributed by atoms with Crippen LogP contribution in [0.1, 0.15) is 6.23 Å². The fourth-order valence-electron chi connectivity index (χ4n) is 2.19. The topological polar surface area (TPSA) is 253 Å². The molecule has 0 spiro atoms. The molecular weight excluding hydrogens is 483 g/mol. The van der Waals surface area contributed by atoms with Gasteiger partial charge in [-0.2, -0.15) is 8.62 Å². The van der Waals surface area contributed by atoms with Gasteiger partial charge in [0.05, 0.1) is 6.61 Å². The van der Waals surface area contributed by atoms with Crippen molar-refractivity contribution < 1.29 is 61.4 Å². The molecule has 1 fully saturated rings. The minimum atomic E-state index is -5.69. The van der Waals surface area contributed by atoms with E-state index in [4.69, 9.17) is 37.4 Å². The Bertz CT molecular complexity index is 951. The molecule has 0 aliphatic carbocycles. The molecule has 16 nitrogen and oxygen atoms in total. The zero-order valence-electron chi connectivity index (χ0n) is 13.9. The largest absolute Gasteiger partial charge is 0.490 e. The van der Waals surface area contributed by atoms with E-state index < -0.39 is 54.6 Å². The second kappa shape index (κ2) is 8.86. The highest BCUT2D eigenvalue weighted by Gasteiger charge is 2.46. The van der Waals surface area contributed by atoms with Crippen molar-refractivity contribution in [2.24, 2.45) is 0 Å². The maximum Gasteiger partial charge on any atom is 0.490 e. The van der Waals surface area contributed by atoms with Crippen molar-refractivity contribution in [1.82, 2.24) is 9.55 Å². The Hall–Kier alpha value is -0.610. The van der Waals surface area contributed by atoms with Crippen molar-refractivity contribution in [2.75, 3.05) is 12.3 Å². The predicted octanol–water partition coefficient (Wildman–Crippen LogP) is -0.843. The molecule has 1 aliphatic heterocycles. The third-order valence-corrected chi connectivity index (χ3v) is 7.39. The number of ether oxygens (including phenoxy) is 1. The summed E-state index contributed by atoms with van der Waals surface area (Å²) in [5.41, 5.74) is 5.46. The lowest BCUT2D eigenvalue weighted by molar-refractivity contribution is -0.0532. The SMILES string of the molecule is Nc1ccn([C@@H]2O[C@H](COP(=O)(O)OP(=O)(O)OP(=O)(O)O)C(O)C2O)c(=S)n1. The van der Waals surface area contributed by atoms with E-state index in [2.05, 4.69) is 18.1 Å². The Kier molecular flexibility index (Phi) is 7.54. The summed E-state index contributed by atoms with van der Waals surface area (Å²) in [6.45, 7) is -0.950. The Labute approximate surface area is 166 Å². The van der Waals surface area contributed by atoms with E-state index >= 15 is 0 Å².